The van der Waals surface area contributed by atoms with Crippen LogP contribution in [0.1, 0.15) is 20.3 Å². The third-order valence-electron chi connectivity index (χ3n) is 1.32. The summed E-state index contributed by atoms with van der Waals surface area (Å²) in [5.41, 5.74) is -0.783. The molecule has 0 aliphatic rings. The average molecular weight is 156 g/mol. The van der Waals surface area contributed by atoms with Gasteiger partial charge in [0.2, 0.25) is 0 Å². The molecule has 0 atom stereocenters. The van der Waals surface area contributed by atoms with Crippen LogP contribution in [0.3, 0.4) is 0 Å². The Balaban J connectivity index is 0. The maximum absolute atomic E-state index is 10.3. The first-order chi connectivity index (χ1) is 4.00. The normalized spacial score (nSPS) is 10.3. The van der Waals surface area contributed by atoms with E-state index >= 15 is 0 Å². The number of rotatable bonds is 3. The van der Waals surface area contributed by atoms with E-state index in [4.69, 9.17) is 10.2 Å². The Kier molecular flexibility index (Phi) is 6.69. The summed E-state index contributed by atoms with van der Waals surface area (Å²) in [6, 6.07) is 0. The predicted molar refractivity (Wildman–Crippen MR) is 40.3 cm³/mol. The van der Waals surface area contributed by atoms with Crippen LogP contribution in [0.5, 0.6) is 0 Å². The van der Waals surface area contributed by atoms with Gasteiger partial charge in [0.25, 0.3) is 0 Å². The standard InChI is InChI=1S/C6H12O3.Na.H/c1-6(2,3-4-7)5(8)9;;/h7H,3-4H2,1-2H3,(H,8,9);;. The summed E-state index contributed by atoms with van der Waals surface area (Å²) in [6.07, 6.45) is 0.308. The fraction of sp³-hybridized carbons (Fsp3) is 0.833. The summed E-state index contributed by atoms with van der Waals surface area (Å²) < 4.78 is 0. The van der Waals surface area contributed by atoms with Gasteiger partial charge in [-0.25, -0.2) is 0 Å². The molecule has 10 heavy (non-hydrogen) atoms. The molecule has 0 bridgehead atoms. The van der Waals surface area contributed by atoms with Gasteiger partial charge < -0.3 is 10.2 Å². The molecular weight excluding hydrogens is 143 g/mol. The van der Waals surface area contributed by atoms with Crippen molar-refractivity contribution in [2.75, 3.05) is 6.61 Å². The van der Waals surface area contributed by atoms with E-state index in [2.05, 4.69) is 0 Å². The van der Waals surface area contributed by atoms with Crippen molar-refractivity contribution in [3.8, 4) is 0 Å². The van der Waals surface area contributed by atoms with Crippen molar-refractivity contribution in [1.29, 1.82) is 0 Å². The Morgan fingerprint density at radius 3 is 2.00 bits per heavy atom. The SMILES string of the molecule is CC(C)(CCO)C(=O)O.[NaH]. The average Bonchev–Trinajstić information content (AvgIpc) is 1.65. The molecule has 0 radical (unpaired) electrons. The second-order valence-corrected chi connectivity index (χ2v) is 2.66. The van der Waals surface area contributed by atoms with E-state index in [9.17, 15) is 4.79 Å². The number of aliphatic hydroxyl groups is 1. The van der Waals surface area contributed by atoms with Crippen molar-refractivity contribution in [2.45, 2.75) is 20.3 Å². The Hall–Kier alpha value is 0.430. The molecule has 3 nitrogen and oxygen atoms in total. The third kappa shape index (κ3) is 4.28. The number of hydrogen-bond acceptors (Lipinski definition) is 2. The summed E-state index contributed by atoms with van der Waals surface area (Å²) in [7, 11) is 0. The summed E-state index contributed by atoms with van der Waals surface area (Å²) >= 11 is 0. The van der Waals surface area contributed by atoms with Crippen molar-refractivity contribution >= 4 is 35.5 Å². The van der Waals surface area contributed by atoms with E-state index in [0.717, 1.165) is 0 Å². The van der Waals surface area contributed by atoms with Crippen LogP contribution < -0.4 is 0 Å². The quantitative estimate of drug-likeness (QED) is 0.558. The van der Waals surface area contributed by atoms with Crippen molar-refractivity contribution < 1.29 is 15.0 Å². The molecule has 0 aromatic carbocycles. The Morgan fingerprint density at radius 2 is 1.90 bits per heavy atom. The van der Waals surface area contributed by atoms with Crippen LogP contribution in [0.4, 0.5) is 0 Å². The first-order valence-corrected chi connectivity index (χ1v) is 2.85. The summed E-state index contributed by atoms with van der Waals surface area (Å²) in [6.45, 7) is 3.11. The third-order valence-corrected chi connectivity index (χ3v) is 1.32. The van der Waals surface area contributed by atoms with Gasteiger partial charge in [-0.1, -0.05) is 0 Å². The van der Waals surface area contributed by atoms with Crippen molar-refractivity contribution in [3.63, 3.8) is 0 Å². The molecule has 0 spiro atoms. The minimum absolute atomic E-state index is 0. The molecule has 56 valence electrons. The van der Waals surface area contributed by atoms with Crippen LogP contribution in [0.2, 0.25) is 0 Å². The number of carbonyl (C=O) groups is 1. The monoisotopic (exact) mass is 156 g/mol. The Morgan fingerprint density at radius 1 is 1.50 bits per heavy atom. The number of aliphatic hydroxyl groups excluding tert-OH is 1. The van der Waals surface area contributed by atoms with Gasteiger partial charge in [0, 0.05) is 6.61 Å². The molecule has 0 saturated heterocycles. The van der Waals surface area contributed by atoms with Gasteiger partial charge in [-0.2, -0.15) is 0 Å². The van der Waals surface area contributed by atoms with Gasteiger partial charge >= 0.3 is 35.5 Å². The molecule has 0 rings (SSSR count). The van der Waals surface area contributed by atoms with Crippen molar-refractivity contribution in [1.82, 2.24) is 0 Å². The van der Waals surface area contributed by atoms with E-state index in [0.29, 0.717) is 6.42 Å². The van der Waals surface area contributed by atoms with Crippen LogP contribution in [0.25, 0.3) is 0 Å². The number of carboxylic acids is 1. The Bertz CT molecular complexity index is 112. The molecule has 2 N–H and O–H groups in total. The minimum atomic E-state index is -0.864. The van der Waals surface area contributed by atoms with Gasteiger partial charge in [0.15, 0.2) is 0 Å². The molecule has 0 aromatic rings. The first-order valence-electron chi connectivity index (χ1n) is 2.85. The molecule has 0 saturated carbocycles. The van der Waals surface area contributed by atoms with E-state index in [-0.39, 0.29) is 36.2 Å². The summed E-state index contributed by atoms with van der Waals surface area (Å²) in [4.78, 5) is 10.3. The van der Waals surface area contributed by atoms with Crippen LogP contribution in [0, 0.1) is 5.41 Å². The van der Waals surface area contributed by atoms with Crippen LogP contribution in [-0.2, 0) is 4.79 Å². The molecule has 0 amide bonds. The van der Waals surface area contributed by atoms with E-state index in [1.165, 1.54) is 0 Å². The van der Waals surface area contributed by atoms with Gasteiger partial charge in [-0.3, -0.25) is 4.79 Å². The summed E-state index contributed by atoms with van der Waals surface area (Å²) in [5.74, 6) is -0.864. The molecule has 0 fully saturated rings. The van der Waals surface area contributed by atoms with Gasteiger partial charge in [-0.05, 0) is 20.3 Å². The van der Waals surface area contributed by atoms with Crippen LogP contribution >= 0.6 is 0 Å². The number of aliphatic carboxylic acids is 1. The molecule has 0 aliphatic carbocycles. The zero-order valence-electron chi connectivity index (χ0n) is 5.72. The zero-order valence-corrected chi connectivity index (χ0v) is 5.72. The Labute approximate surface area is 82.7 Å². The van der Waals surface area contributed by atoms with Gasteiger partial charge in [0.1, 0.15) is 0 Å². The van der Waals surface area contributed by atoms with E-state index < -0.39 is 11.4 Å². The maximum atomic E-state index is 10.3. The van der Waals surface area contributed by atoms with E-state index in [1.807, 2.05) is 0 Å². The van der Waals surface area contributed by atoms with Crippen LogP contribution in [0.15, 0.2) is 0 Å². The van der Waals surface area contributed by atoms with Crippen LogP contribution in [-0.4, -0.2) is 52.3 Å². The molecule has 0 aromatic heterocycles. The molecule has 0 heterocycles. The van der Waals surface area contributed by atoms with E-state index in [1.54, 1.807) is 13.8 Å². The van der Waals surface area contributed by atoms with Gasteiger partial charge in [-0.15, -0.1) is 0 Å². The second kappa shape index (κ2) is 5.13. The number of carboxylic acid groups (broad SMARTS) is 1. The second-order valence-electron chi connectivity index (χ2n) is 2.66. The molecule has 4 heteroatoms. The predicted octanol–water partition coefficient (Wildman–Crippen LogP) is -0.169. The van der Waals surface area contributed by atoms with Gasteiger partial charge in [0.05, 0.1) is 5.41 Å². The first kappa shape index (κ1) is 13.1. The fourth-order valence-corrected chi connectivity index (χ4v) is 0.386. The zero-order chi connectivity index (χ0) is 7.49. The number of hydrogen-bond donors (Lipinski definition) is 2. The molecule has 0 unspecified atom stereocenters. The fourth-order valence-electron chi connectivity index (χ4n) is 0.386. The molecule has 0 aliphatic heterocycles. The van der Waals surface area contributed by atoms with Crippen molar-refractivity contribution in [3.05, 3.63) is 0 Å². The molecular formula is C6H13NaO3. The summed E-state index contributed by atoms with van der Waals surface area (Å²) in [5, 5.41) is 16.8. The van der Waals surface area contributed by atoms with Crippen molar-refractivity contribution in [2.24, 2.45) is 5.41 Å². The topological polar surface area (TPSA) is 57.5 Å².